The fourth-order valence-corrected chi connectivity index (χ4v) is 3.52. The molecule has 2 aromatic rings. The molecule has 160 valence electrons. The molecule has 0 aromatic heterocycles. The summed E-state index contributed by atoms with van der Waals surface area (Å²) in [4.78, 5) is 27.5. The highest BCUT2D eigenvalue weighted by atomic mass is 35.5. The molecule has 2 aromatic carbocycles. The standard InChI is InChI=1S/C22H25ClN2O5/c1-29-20(22(27)28)13-16-5-7-19(8-6-16)30-15-21(26)25-11-9-24(10-12-25)18-4-2-3-17(23)14-18/h2-8,14,20H,9-13,15H2,1H3,(H,27,28). The molecule has 8 heteroatoms. The van der Waals surface area contributed by atoms with E-state index < -0.39 is 12.1 Å². The van der Waals surface area contributed by atoms with Crippen LogP contribution in [0.25, 0.3) is 0 Å². The number of carboxylic acids is 1. The van der Waals surface area contributed by atoms with E-state index in [4.69, 9.17) is 26.2 Å². The van der Waals surface area contributed by atoms with Crippen LogP contribution in [-0.2, 0) is 20.7 Å². The monoisotopic (exact) mass is 432 g/mol. The molecule has 1 aliphatic rings. The highest BCUT2D eigenvalue weighted by Crippen LogP contribution is 2.21. The average Bonchev–Trinajstić information content (AvgIpc) is 2.76. The van der Waals surface area contributed by atoms with Gasteiger partial charge in [-0.2, -0.15) is 0 Å². The second-order valence-electron chi connectivity index (χ2n) is 7.05. The van der Waals surface area contributed by atoms with Crippen molar-refractivity contribution >= 4 is 29.2 Å². The number of methoxy groups -OCH3 is 1. The third-order valence-electron chi connectivity index (χ3n) is 5.07. The summed E-state index contributed by atoms with van der Waals surface area (Å²) in [6, 6.07) is 14.7. The molecule has 30 heavy (non-hydrogen) atoms. The summed E-state index contributed by atoms with van der Waals surface area (Å²) in [6.45, 7) is 2.70. The number of piperazine rings is 1. The fraction of sp³-hybridized carbons (Fsp3) is 0.364. The molecule has 1 amide bonds. The quantitative estimate of drug-likeness (QED) is 0.691. The Morgan fingerprint density at radius 3 is 2.40 bits per heavy atom. The topological polar surface area (TPSA) is 79.3 Å². The maximum absolute atomic E-state index is 12.5. The Balaban J connectivity index is 1.45. The van der Waals surface area contributed by atoms with Crippen molar-refractivity contribution in [3.8, 4) is 5.75 Å². The third kappa shape index (κ3) is 5.87. The minimum absolute atomic E-state index is 0.0354. The van der Waals surface area contributed by atoms with Gasteiger partial charge in [0.15, 0.2) is 12.7 Å². The van der Waals surface area contributed by atoms with Crippen LogP contribution >= 0.6 is 11.6 Å². The van der Waals surface area contributed by atoms with Gasteiger partial charge in [0, 0.05) is 50.4 Å². The normalized spacial score (nSPS) is 15.0. The number of carbonyl (C=O) groups is 2. The second kappa shape index (κ2) is 10.3. The Morgan fingerprint density at radius 1 is 1.10 bits per heavy atom. The first kappa shape index (κ1) is 21.9. The van der Waals surface area contributed by atoms with Crippen LogP contribution in [0.4, 0.5) is 5.69 Å². The average molecular weight is 433 g/mol. The second-order valence-corrected chi connectivity index (χ2v) is 7.48. The molecule has 1 heterocycles. The lowest BCUT2D eigenvalue weighted by molar-refractivity contribution is -0.148. The zero-order valence-corrected chi connectivity index (χ0v) is 17.5. The van der Waals surface area contributed by atoms with E-state index in [9.17, 15) is 9.59 Å². The number of ether oxygens (including phenoxy) is 2. The van der Waals surface area contributed by atoms with Gasteiger partial charge in [0.1, 0.15) is 5.75 Å². The summed E-state index contributed by atoms with van der Waals surface area (Å²) in [7, 11) is 1.37. The number of halogens is 1. The number of hydrogen-bond acceptors (Lipinski definition) is 5. The van der Waals surface area contributed by atoms with Gasteiger partial charge in [0.05, 0.1) is 0 Å². The summed E-state index contributed by atoms with van der Waals surface area (Å²) in [6.07, 6.45) is -0.619. The number of benzene rings is 2. The predicted molar refractivity (Wildman–Crippen MR) is 114 cm³/mol. The number of amides is 1. The molecule has 0 bridgehead atoms. The molecule has 1 atom stereocenters. The van der Waals surface area contributed by atoms with E-state index in [2.05, 4.69) is 4.90 Å². The molecule has 1 fully saturated rings. The lowest BCUT2D eigenvalue weighted by atomic mass is 10.1. The van der Waals surface area contributed by atoms with Crippen molar-refractivity contribution in [1.82, 2.24) is 4.90 Å². The molecule has 1 aliphatic heterocycles. The molecule has 7 nitrogen and oxygen atoms in total. The summed E-state index contributed by atoms with van der Waals surface area (Å²) in [5.41, 5.74) is 1.88. The van der Waals surface area contributed by atoms with Crippen molar-refractivity contribution in [2.24, 2.45) is 0 Å². The van der Waals surface area contributed by atoms with Crippen molar-refractivity contribution in [3.63, 3.8) is 0 Å². The summed E-state index contributed by atoms with van der Waals surface area (Å²) in [5, 5.41) is 9.75. The Hall–Kier alpha value is -2.77. The van der Waals surface area contributed by atoms with E-state index in [1.54, 1.807) is 29.2 Å². The van der Waals surface area contributed by atoms with E-state index in [0.717, 1.165) is 24.3 Å². The molecule has 1 saturated heterocycles. The zero-order valence-electron chi connectivity index (χ0n) is 16.8. The van der Waals surface area contributed by atoms with Gasteiger partial charge in [-0.1, -0.05) is 29.8 Å². The highest BCUT2D eigenvalue weighted by Gasteiger charge is 2.22. The van der Waals surface area contributed by atoms with Crippen LogP contribution in [0.2, 0.25) is 5.02 Å². The third-order valence-corrected chi connectivity index (χ3v) is 5.31. The SMILES string of the molecule is COC(Cc1ccc(OCC(=O)N2CCN(c3cccc(Cl)c3)CC2)cc1)C(=O)O. The molecule has 1 unspecified atom stereocenters. The van der Waals surface area contributed by atoms with Crippen molar-refractivity contribution in [2.45, 2.75) is 12.5 Å². The summed E-state index contributed by atoms with van der Waals surface area (Å²) < 4.78 is 10.6. The molecule has 0 spiro atoms. The van der Waals surface area contributed by atoms with Crippen LogP contribution in [0.5, 0.6) is 5.75 Å². The van der Waals surface area contributed by atoms with Crippen molar-refractivity contribution in [3.05, 3.63) is 59.1 Å². The number of nitrogens with zero attached hydrogens (tertiary/aromatic N) is 2. The maximum atomic E-state index is 12.5. The summed E-state index contributed by atoms with van der Waals surface area (Å²) in [5.74, 6) is -0.497. The van der Waals surface area contributed by atoms with Gasteiger partial charge in [0.25, 0.3) is 5.91 Å². The van der Waals surface area contributed by atoms with Gasteiger partial charge in [-0.25, -0.2) is 4.79 Å². The largest absolute Gasteiger partial charge is 0.484 e. The van der Waals surface area contributed by atoms with Crippen LogP contribution in [0.15, 0.2) is 48.5 Å². The van der Waals surface area contributed by atoms with Crippen LogP contribution in [-0.4, -0.2) is 67.9 Å². The first-order valence-electron chi connectivity index (χ1n) is 9.72. The van der Waals surface area contributed by atoms with E-state index in [1.807, 2.05) is 24.3 Å². The minimum atomic E-state index is -1.00. The molecule has 0 aliphatic carbocycles. The number of hydrogen-bond donors (Lipinski definition) is 1. The number of carboxylic acid groups (broad SMARTS) is 1. The van der Waals surface area contributed by atoms with Crippen molar-refractivity contribution in [2.75, 3.05) is 44.8 Å². The fourth-order valence-electron chi connectivity index (χ4n) is 3.33. The minimum Gasteiger partial charge on any atom is -0.484 e. The molecular formula is C22H25ClN2O5. The summed E-state index contributed by atoms with van der Waals surface area (Å²) >= 11 is 6.06. The number of carbonyl (C=O) groups excluding carboxylic acids is 1. The van der Waals surface area contributed by atoms with Crippen LogP contribution in [0.3, 0.4) is 0 Å². The molecule has 3 rings (SSSR count). The van der Waals surface area contributed by atoms with Crippen molar-refractivity contribution < 1.29 is 24.2 Å². The Labute approximate surface area is 180 Å². The lowest BCUT2D eigenvalue weighted by Crippen LogP contribution is -2.50. The molecule has 1 N–H and O–H groups in total. The first-order chi connectivity index (χ1) is 14.5. The van der Waals surface area contributed by atoms with Gasteiger partial charge in [-0.3, -0.25) is 4.79 Å². The number of anilines is 1. The Morgan fingerprint density at radius 2 is 1.80 bits per heavy atom. The highest BCUT2D eigenvalue weighted by molar-refractivity contribution is 6.30. The van der Waals surface area contributed by atoms with Gasteiger partial charge < -0.3 is 24.4 Å². The zero-order chi connectivity index (χ0) is 21.5. The van der Waals surface area contributed by atoms with E-state index in [1.165, 1.54) is 7.11 Å². The lowest BCUT2D eigenvalue weighted by Gasteiger charge is -2.36. The molecule has 0 radical (unpaired) electrons. The van der Waals surface area contributed by atoms with Gasteiger partial charge >= 0.3 is 5.97 Å². The van der Waals surface area contributed by atoms with Gasteiger partial charge in [-0.15, -0.1) is 0 Å². The number of aliphatic carboxylic acids is 1. The van der Waals surface area contributed by atoms with E-state index in [-0.39, 0.29) is 18.9 Å². The van der Waals surface area contributed by atoms with Crippen LogP contribution < -0.4 is 9.64 Å². The predicted octanol–water partition coefficient (Wildman–Crippen LogP) is 2.71. The molecule has 0 saturated carbocycles. The Kier molecular flexibility index (Phi) is 7.54. The molecular weight excluding hydrogens is 408 g/mol. The van der Waals surface area contributed by atoms with Gasteiger partial charge in [-0.05, 0) is 35.9 Å². The van der Waals surface area contributed by atoms with Gasteiger partial charge in [0.2, 0.25) is 0 Å². The maximum Gasteiger partial charge on any atom is 0.333 e. The van der Waals surface area contributed by atoms with Crippen molar-refractivity contribution in [1.29, 1.82) is 0 Å². The van der Waals surface area contributed by atoms with E-state index >= 15 is 0 Å². The first-order valence-corrected chi connectivity index (χ1v) is 10.1. The van der Waals surface area contributed by atoms with Crippen LogP contribution in [0, 0.1) is 0 Å². The van der Waals surface area contributed by atoms with Crippen LogP contribution in [0.1, 0.15) is 5.56 Å². The van der Waals surface area contributed by atoms with E-state index in [0.29, 0.717) is 23.9 Å². The smallest absolute Gasteiger partial charge is 0.333 e. The Bertz CT molecular complexity index is 866. The number of rotatable bonds is 8.